The maximum absolute atomic E-state index is 11.8. The molecule has 0 aliphatic rings. The molecule has 0 N–H and O–H groups in total. The van der Waals surface area contributed by atoms with Crippen LogP contribution < -0.4 is 5.11 Å². The summed E-state index contributed by atoms with van der Waals surface area (Å²) in [5.74, 6) is -0.610. The molecule has 1 atom stereocenters. The topological polar surface area (TPSA) is 78.6 Å². The van der Waals surface area contributed by atoms with Gasteiger partial charge in [0, 0.05) is 12.3 Å². The Labute approximate surface area is 116 Å². The minimum absolute atomic E-state index is 0.116. The zero-order chi connectivity index (χ0) is 14.5. The van der Waals surface area contributed by atoms with Crippen LogP contribution in [0.3, 0.4) is 0 Å². The van der Waals surface area contributed by atoms with Crippen LogP contribution in [0.25, 0.3) is 0 Å². The van der Waals surface area contributed by atoms with E-state index in [1.807, 2.05) is 37.3 Å². The van der Waals surface area contributed by atoms with Crippen LogP contribution in [0, 0.1) is 10.1 Å². The fourth-order valence-electron chi connectivity index (χ4n) is 1.80. The number of nitro benzene ring substituents is 1. The van der Waals surface area contributed by atoms with Crippen LogP contribution in [0.4, 0.5) is 5.69 Å². The highest BCUT2D eigenvalue weighted by Gasteiger charge is 2.08. The van der Waals surface area contributed by atoms with Crippen LogP contribution in [-0.2, 0) is 0 Å². The second-order valence-corrected chi connectivity index (χ2v) is 4.32. The third-order valence-electron chi connectivity index (χ3n) is 2.94. The Balaban J connectivity index is 2.24. The molecule has 0 heterocycles. The average molecular weight is 269 g/mol. The molecule has 0 fully saturated rings. The predicted octanol–water partition coefficient (Wildman–Crippen LogP) is 2.85. The lowest BCUT2D eigenvalue weighted by Gasteiger charge is -2.11. The van der Waals surface area contributed by atoms with Crippen molar-refractivity contribution in [1.82, 2.24) is 0 Å². The lowest BCUT2D eigenvalue weighted by atomic mass is 10.1. The van der Waals surface area contributed by atoms with Gasteiger partial charge in [-0.1, -0.05) is 42.5 Å². The summed E-state index contributed by atoms with van der Waals surface area (Å²) in [6.07, 6.45) is 1.40. The maximum atomic E-state index is 11.8. The number of nitro groups is 1. The first-order valence-corrected chi connectivity index (χ1v) is 6.12. The molecule has 0 bridgehead atoms. The van der Waals surface area contributed by atoms with Crippen molar-refractivity contribution in [3.8, 4) is 5.75 Å². The molecule has 20 heavy (non-hydrogen) atoms. The molecule has 5 heteroatoms. The lowest BCUT2D eigenvalue weighted by molar-refractivity contribution is -0.398. The van der Waals surface area contributed by atoms with Crippen molar-refractivity contribution in [3.63, 3.8) is 0 Å². The molecule has 2 aromatic rings. The van der Waals surface area contributed by atoms with Crippen molar-refractivity contribution in [3.05, 3.63) is 69.8 Å². The van der Waals surface area contributed by atoms with E-state index in [4.69, 9.17) is 0 Å². The summed E-state index contributed by atoms with van der Waals surface area (Å²) in [5.41, 5.74) is 0.810. The Morgan fingerprint density at radius 2 is 1.85 bits per heavy atom. The SMILES string of the molecule is C[C@@H](N=Cc1cccc([N+](=O)[O-])c1[O-])c1ccccc1. The third kappa shape index (κ3) is 3.00. The van der Waals surface area contributed by atoms with Crippen molar-refractivity contribution in [2.24, 2.45) is 4.99 Å². The van der Waals surface area contributed by atoms with Crippen LogP contribution in [0.1, 0.15) is 24.1 Å². The van der Waals surface area contributed by atoms with Crippen molar-refractivity contribution in [1.29, 1.82) is 0 Å². The summed E-state index contributed by atoms with van der Waals surface area (Å²) in [7, 11) is 0. The number of hydrogen-bond donors (Lipinski definition) is 0. The van der Waals surface area contributed by atoms with Crippen LogP contribution in [0.15, 0.2) is 53.5 Å². The Morgan fingerprint density at radius 1 is 1.15 bits per heavy atom. The van der Waals surface area contributed by atoms with Gasteiger partial charge in [0.15, 0.2) is 0 Å². The van der Waals surface area contributed by atoms with E-state index in [9.17, 15) is 15.2 Å². The highest BCUT2D eigenvalue weighted by Crippen LogP contribution is 2.26. The zero-order valence-electron chi connectivity index (χ0n) is 10.9. The smallest absolute Gasteiger partial charge is 0.262 e. The molecular weight excluding hydrogens is 256 g/mol. The first kappa shape index (κ1) is 13.7. The van der Waals surface area contributed by atoms with Gasteiger partial charge in [0.25, 0.3) is 5.69 Å². The first-order chi connectivity index (χ1) is 9.59. The molecule has 0 unspecified atom stereocenters. The van der Waals surface area contributed by atoms with Crippen molar-refractivity contribution in [2.75, 3.05) is 0 Å². The second kappa shape index (κ2) is 5.97. The van der Waals surface area contributed by atoms with Gasteiger partial charge >= 0.3 is 0 Å². The molecule has 0 amide bonds. The fraction of sp³-hybridized carbons (Fsp3) is 0.133. The molecule has 0 radical (unpaired) electrons. The lowest BCUT2D eigenvalue weighted by Crippen LogP contribution is -2.02. The summed E-state index contributed by atoms with van der Waals surface area (Å²) in [6, 6.07) is 13.7. The molecule has 0 aliphatic heterocycles. The quantitative estimate of drug-likeness (QED) is 0.486. The first-order valence-electron chi connectivity index (χ1n) is 6.12. The van der Waals surface area contributed by atoms with E-state index in [0.29, 0.717) is 0 Å². The fourth-order valence-corrected chi connectivity index (χ4v) is 1.80. The largest absolute Gasteiger partial charge is 0.867 e. The van der Waals surface area contributed by atoms with E-state index in [2.05, 4.69) is 4.99 Å². The van der Waals surface area contributed by atoms with Crippen LogP contribution >= 0.6 is 0 Å². The molecular formula is C15H13N2O3-. The maximum Gasteiger partial charge on any atom is 0.262 e. The van der Waals surface area contributed by atoms with Gasteiger partial charge in [0.1, 0.15) is 0 Å². The van der Waals surface area contributed by atoms with Crippen LogP contribution in [-0.4, -0.2) is 11.1 Å². The molecule has 0 aromatic heterocycles. The van der Waals surface area contributed by atoms with Gasteiger partial charge in [0.2, 0.25) is 0 Å². The van der Waals surface area contributed by atoms with Gasteiger partial charge in [-0.2, -0.15) is 0 Å². The zero-order valence-corrected chi connectivity index (χ0v) is 10.9. The van der Waals surface area contributed by atoms with E-state index in [1.54, 1.807) is 0 Å². The highest BCUT2D eigenvalue weighted by atomic mass is 16.6. The van der Waals surface area contributed by atoms with Gasteiger partial charge in [-0.25, -0.2) is 0 Å². The minimum Gasteiger partial charge on any atom is -0.867 e. The normalized spacial score (nSPS) is 12.4. The summed E-state index contributed by atoms with van der Waals surface area (Å²) < 4.78 is 0. The number of rotatable bonds is 4. The number of benzene rings is 2. The molecule has 0 saturated carbocycles. The predicted molar refractivity (Wildman–Crippen MR) is 75.0 cm³/mol. The van der Waals surface area contributed by atoms with E-state index < -0.39 is 16.4 Å². The Kier molecular flexibility index (Phi) is 4.10. The molecule has 2 aromatic carbocycles. The number of aliphatic imine (C=N–C) groups is 1. The summed E-state index contributed by atoms with van der Waals surface area (Å²) in [4.78, 5) is 14.3. The standard InChI is InChI=1S/C15H14N2O3/c1-11(12-6-3-2-4-7-12)16-10-13-8-5-9-14(15(13)18)17(19)20/h2-11,18H,1H3/p-1/t11-/m1/s1. The van der Waals surface area contributed by atoms with Gasteiger partial charge in [-0.15, -0.1) is 0 Å². The van der Waals surface area contributed by atoms with Crippen molar-refractivity contribution >= 4 is 11.9 Å². The Bertz CT molecular complexity index is 639. The van der Waals surface area contributed by atoms with E-state index in [-0.39, 0.29) is 11.6 Å². The Morgan fingerprint density at radius 3 is 2.50 bits per heavy atom. The van der Waals surface area contributed by atoms with E-state index >= 15 is 0 Å². The van der Waals surface area contributed by atoms with Gasteiger partial charge in [0.05, 0.1) is 11.0 Å². The monoisotopic (exact) mass is 269 g/mol. The van der Waals surface area contributed by atoms with Crippen molar-refractivity contribution in [2.45, 2.75) is 13.0 Å². The van der Waals surface area contributed by atoms with Gasteiger partial charge < -0.3 is 5.11 Å². The Hall–Kier alpha value is -2.69. The van der Waals surface area contributed by atoms with Crippen molar-refractivity contribution < 1.29 is 10.0 Å². The second-order valence-electron chi connectivity index (χ2n) is 4.32. The third-order valence-corrected chi connectivity index (χ3v) is 2.94. The van der Waals surface area contributed by atoms with E-state index in [1.165, 1.54) is 24.4 Å². The minimum atomic E-state index is -0.680. The van der Waals surface area contributed by atoms with Gasteiger partial charge in [-0.05, 0) is 23.8 Å². The highest BCUT2D eigenvalue weighted by molar-refractivity contribution is 5.85. The number of para-hydroxylation sites is 1. The van der Waals surface area contributed by atoms with Crippen LogP contribution in [0.2, 0.25) is 0 Å². The average Bonchev–Trinajstić information content (AvgIpc) is 2.46. The summed E-state index contributed by atoms with van der Waals surface area (Å²) in [6.45, 7) is 1.90. The number of nitrogens with zero attached hydrogens (tertiary/aromatic N) is 2. The molecule has 0 aliphatic carbocycles. The number of hydrogen-bond acceptors (Lipinski definition) is 4. The molecule has 2 rings (SSSR count). The van der Waals surface area contributed by atoms with Gasteiger partial charge in [-0.3, -0.25) is 15.1 Å². The molecule has 5 nitrogen and oxygen atoms in total. The molecule has 0 spiro atoms. The van der Waals surface area contributed by atoms with Crippen LogP contribution in [0.5, 0.6) is 5.75 Å². The van der Waals surface area contributed by atoms with E-state index in [0.717, 1.165) is 5.56 Å². The molecule has 0 saturated heterocycles. The molecule has 102 valence electrons. The summed E-state index contributed by atoms with van der Waals surface area (Å²) >= 11 is 0. The summed E-state index contributed by atoms with van der Waals surface area (Å²) in [5, 5.41) is 22.5.